The Morgan fingerprint density at radius 2 is 1.71 bits per heavy atom. The van der Waals surface area contributed by atoms with Gasteiger partial charge in [0.05, 0.1) is 4.91 Å². The Kier molecular flexibility index (Phi) is 6.34. The second kappa shape index (κ2) is 9.58. The van der Waals surface area contributed by atoms with E-state index in [1.54, 1.807) is 11.0 Å². The number of thioether (sulfide) groups is 1. The first-order chi connectivity index (χ1) is 16.9. The second-order valence-corrected chi connectivity index (χ2v) is 9.99. The van der Waals surface area contributed by atoms with Crippen molar-refractivity contribution in [2.24, 2.45) is 0 Å². The maximum atomic E-state index is 13.1. The molecule has 2 aliphatic heterocycles. The Hall–Kier alpha value is -3.58. The summed E-state index contributed by atoms with van der Waals surface area (Å²) in [6.07, 6.45) is 2.55. The van der Waals surface area contributed by atoms with Gasteiger partial charge in [-0.05, 0) is 66.4 Å². The Labute approximate surface area is 209 Å². The molecule has 2 aliphatic rings. The lowest BCUT2D eigenvalue weighted by Gasteiger charge is -2.29. The van der Waals surface area contributed by atoms with Crippen molar-refractivity contribution in [2.45, 2.75) is 33.4 Å². The molecule has 3 amide bonds. The number of rotatable bonds is 5. The molecular weight excluding hydrogens is 458 g/mol. The summed E-state index contributed by atoms with van der Waals surface area (Å²) in [4.78, 5) is 41.8. The van der Waals surface area contributed by atoms with E-state index in [4.69, 9.17) is 0 Å². The van der Waals surface area contributed by atoms with E-state index in [-0.39, 0.29) is 12.5 Å². The van der Waals surface area contributed by atoms with Crippen molar-refractivity contribution >= 4 is 34.9 Å². The fourth-order valence-corrected chi connectivity index (χ4v) is 5.53. The number of benzene rings is 2. The average Bonchev–Trinajstić information content (AvgIpc) is 3.28. The highest BCUT2D eigenvalue weighted by Gasteiger charge is 2.37. The van der Waals surface area contributed by atoms with Crippen LogP contribution in [0.3, 0.4) is 0 Å². The molecule has 178 valence electrons. The molecule has 5 rings (SSSR count). The summed E-state index contributed by atoms with van der Waals surface area (Å²) >= 11 is 0.900. The van der Waals surface area contributed by atoms with Crippen LogP contribution >= 0.6 is 11.8 Å². The van der Waals surface area contributed by atoms with Crippen molar-refractivity contribution in [1.29, 1.82) is 0 Å². The van der Waals surface area contributed by atoms with Crippen molar-refractivity contribution in [3.05, 3.63) is 99.2 Å². The Balaban J connectivity index is 1.30. The Morgan fingerprint density at radius 1 is 1.00 bits per heavy atom. The molecule has 1 saturated heterocycles. The van der Waals surface area contributed by atoms with Gasteiger partial charge in [-0.2, -0.15) is 0 Å². The summed E-state index contributed by atoms with van der Waals surface area (Å²) in [5, 5.41) is -0.398. The van der Waals surface area contributed by atoms with E-state index < -0.39 is 11.1 Å². The molecule has 3 heterocycles. The number of amides is 3. The number of nitrogens with zero attached hydrogens (tertiary/aromatic N) is 3. The van der Waals surface area contributed by atoms with E-state index in [9.17, 15) is 14.4 Å². The van der Waals surface area contributed by atoms with Crippen LogP contribution in [0, 0.1) is 13.8 Å². The third-order valence-corrected chi connectivity index (χ3v) is 7.64. The number of carbonyl (C=O) groups excluding carboxylic acids is 3. The maximum absolute atomic E-state index is 13.1. The molecule has 35 heavy (non-hydrogen) atoms. The highest BCUT2D eigenvalue weighted by molar-refractivity contribution is 8.18. The minimum Gasteiger partial charge on any atom is -0.344 e. The van der Waals surface area contributed by atoms with Crippen LogP contribution < -0.4 is 0 Å². The van der Waals surface area contributed by atoms with Gasteiger partial charge in [0.15, 0.2) is 0 Å². The number of hydrogen-bond acceptors (Lipinski definition) is 4. The number of aryl methyl sites for hydroxylation is 1. The van der Waals surface area contributed by atoms with Crippen LogP contribution in [0.4, 0.5) is 4.79 Å². The lowest BCUT2D eigenvalue weighted by molar-refractivity contribution is -0.136. The van der Waals surface area contributed by atoms with Crippen molar-refractivity contribution < 1.29 is 14.4 Å². The number of imide groups is 1. The van der Waals surface area contributed by atoms with E-state index in [0.29, 0.717) is 18.0 Å². The summed E-state index contributed by atoms with van der Waals surface area (Å²) in [5.74, 6) is -0.609. The Bertz CT molecular complexity index is 1340. The van der Waals surface area contributed by atoms with Gasteiger partial charge in [0.1, 0.15) is 6.54 Å². The van der Waals surface area contributed by atoms with Crippen molar-refractivity contribution in [3.63, 3.8) is 0 Å². The van der Waals surface area contributed by atoms with Crippen molar-refractivity contribution in [3.8, 4) is 0 Å². The number of fused-ring (bicyclic) bond motifs is 1. The average molecular weight is 486 g/mol. The minimum atomic E-state index is -0.404. The summed E-state index contributed by atoms with van der Waals surface area (Å²) in [5.41, 5.74) is 6.57. The van der Waals surface area contributed by atoms with Gasteiger partial charge in [-0.3, -0.25) is 19.3 Å². The molecule has 7 heteroatoms. The molecule has 0 bridgehead atoms. The summed E-state index contributed by atoms with van der Waals surface area (Å²) in [6.45, 7) is 5.67. The van der Waals surface area contributed by atoms with Crippen LogP contribution in [-0.2, 0) is 29.1 Å². The van der Waals surface area contributed by atoms with E-state index in [1.807, 2.05) is 56.3 Å². The zero-order chi connectivity index (χ0) is 24.5. The van der Waals surface area contributed by atoms with E-state index in [0.717, 1.165) is 52.1 Å². The molecule has 0 aliphatic carbocycles. The fourth-order valence-electron chi connectivity index (χ4n) is 4.70. The molecule has 0 unspecified atom stereocenters. The summed E-state index contributed by atoms with van der Waals surface area (Å²) in [6, 6.07) is 20.3. The van der Waals surface area contributed by atoms with Crippen LogP contribution in [0.1, 0.15) is 33.6 Å². The van der Waals surface area contributed by atoms with Gasteiger partial charge in [0, 0.05) is 31.0 Å². The standard InChI is InChI=1S/C28H27N3O3S/c1-19-14-24(20(2)30(19)16-21-8-4-3-5-9-21)15-25-27(33)31(28(34)35-25)18-26(32)29-13-12-22-10-6-7-11-23(22)17-29/h3-11,14-15H,12-13,16-18H2,1-2H3/b25-15-. The Morgan fingerprint density at radius 3 is 2.49 bits per heavy atom. The molecule has 0 atom stereocenters. The number of aromatic nitrogens is 1. The van der Waals surface area contributed by atoms with Crippen LogP contribution in [0.5, 0.6) is 0 Å². The third kappa shape index (κ3) is 4.68. The van der Waals surface area contributed by atoms with Gasteiger partial charge in [-0.1, -0.05) is 54.6 Å². The van der Waals surface area contributed by atoms with Crippen molar-refractivity contribution in [2.75, 3.05) is 13.1 Å². The van der Waals surface area contributed by atoms with Gasteiger partial charge in [0.25, 0.3) is 11.1 Å². The molecule has 0 N–H and O–H groups in total. The molecule has 0 radical (unpaired) electrons. The van der Waals surface area contributed by atoms with Crippen LogP contribution in [-0.4, -0.2) is 44.5 Å². The van der Waals surface area contributed by atoms with Gasteiger partial charge >= 0.3 is 0 Å². The number of carbonyl (C=O) groups is 3. The topological polar surface area (TPSA) is 62.6 Å². The summed E-state index contributed by atoms with van der Waals surface area (Å²) < 4.78 is 2.20. The molecule has 1 fully saturated rings. The van der Waals surface area contributed by atoms with Gasteiger partial charge in [-0.15, -0.1) is 0 Å². The van der Waals surface area contributed by atoms with Crippen LogP contribution in [0.2, 0.25) is 0 Å². The molecule has 1 aromatic heterocycles. The van der Waals surface area contributed by atoms with Gasteiger partial charge < -0.3 is 9.47 Å². The quantitative estimate of drug-likeness (QED) is 0.488. The van der Waals surface area contributed by atoms with E-state index >= 15 is 0 Å². The van der Waals surface area contributed by atoms with Gasteiger partial charge in [0.2, 0.25) is 5.91 Å². The first-order valence-electron chi connectivity index (χ1n) is 11.7. The zero-order valence-electron chi connectivity index (χ0n) is 19.9. The van der Waals surface area contributed by atoms with Gasteiger partial charge in [-0.25, -0.2) is 0 Å². The molecule has 2 aromatic carbocycles. The summed E-state index contributed by atoms with van der Waals surface area (Å²) in [7, 11) is 0. The molecule has 0 spiro atoms. The van der Waals surface area contributed by atoms with E-state index in [2.05, 4.69) is 22.8 Å². The van der Waals surface area contributed by atoms with Crippen LogP contribution in [0.25, 0.3) is 6.08 Å². The highest BCUT2D eigenvalue weighted by Crippen LogP contribution is 2.33. The second-order valence-electron chi connectivity index (χ2n) is 9.00. The normalized spacial score (nSPS) is 16.8. The molecule has 0 saturated carbocycles. The lowest BCUT2D eigenvalue weighted by Crippen LogP contribution is -2.44. The van der Waals surface area contributed by atoms with E-state index in [1.165, 1.54) is 11.1 Å². The zero-order valence-corrected chi connectivity index (χ0v) is 20.7. The minimum absolute atomic E-state index is 0.205. The first kappa shape index (κ1) is 23.2. The monoisotopic (exact) mass is 485 g/mol. The molecule has 3 aromatic rings. The highest BCUT2D eigenvalue weighted by atomic mass is 32.2. The predicted octanol–water partition coefficient (Wildman–Crippen LogP) is 4.77. The maximum Gasteiger partial charge on any atom is 0.294 e. The largest absolute Gasteiger partial charge is 0.344 e. The third-order valence-electron chi connectivity index (χ3n) is 6.73. The number of hydrogen-bond donors (Lipinski definition) is 0. The first-order valence-corrected chi connectivity index (χ1v) is 12.5. The molecular formula is C28H27N3O3S. The molecule has 6 nitrogen and oxygen atoms in total. The fraction of sp³-hybridized carbons (Fsp3) is 0.250. The SMILES string of the molecule is Cc1cc(/C=C2\SC(=O)N(CC(=O)N3CCc4ccccc4C3)C2=O)c(C)n1Cc1ccccc1. The van der Waals surface area contributed by atoms with Crippen molar-refractivity contribution in [1.82, 2.24) is 14.4 Å². The van der Waals surface area contributed by atoms with Crippen LogP contribution in [0.15, 0.2) is 65.6 Å². The smallest absolute Gasteiger partial charge is 0.294 e. The lowest BCUT2D eigenvalue weighted by atomic mass is 10.00. The predicted molar refractivity (Wildman–Crippen MR) is 138 cm³/mol.